The number of amides is 2. The third kappa shape index (κ3) is 4.76. The molecular weight excluding hydrogens is 454 g/mol. The summed E-state index contributed by atoms with van der Waals surface area (Å²) >= 11 is 0. The summed E-state index contributed by atoms with van der Waals surface area (Å²) in [4.78, 5) is 21.6. The van der Waals surface area contributed by atoms with E-state index in [2.05, 4.69) is 15.4 Å². The van der Waals surface area contributed by atoms with Gasteiger partial charge in [0.15, 0.2) is 5.65 Å². The first-order valence-corrected chi connectivity index (χ1v) is 11.0. The van der Waals surface area contributed by atoms with E-state index < -0.39 is 18.5 Å². The van der Waals surface area contributed by atoms with Crippen molar-refractivity contribution in [1.82, 2.24) is 24.6 Å². The van der Waals surface area contributed by atoms with E-state index in [1.807, 2.05) is 11.0 Å². The van der Waals surface area contributed by atoms with Crippen LogP contribution in [-0.2, 0) is 0 Å². The summed E-state index contributed by atoms with van der Waals surface area (Å²) in [5, 5.41) is 7.79. The van der Waals surface area contributed by atoms with E-state index in [4.69, 9.17) is 0 Å². The minimum absolute atomic E-state index is 0.168. The maximum absolute atomic E-state index is 14.6. The van der Waals surface area contributed by atoms with E-state index in [0.717, 1.165) is 12.1 Å². The van der Waals surface area contributed by atoms with Gasteiger partial charge in [0.1, 0.15) is 11.5 Å². The minimum Gasteiger partial charge on any atom is -0.368 e. The highest BCUT2D eigenvalue weighted by Crippen LogP contribution is 2.25. The Hall–Kier alpha value is -3.41. The molecule has 4 heterocycles. The summed E-state index contributed by atoms with van der Waals surface area (Å²) in [6.45, 7) is 2.01. The lowest BCUT2D eigenvalue weighted by atomic mass is 10.2. The van der Waals surface area contributed by atoms with Crippen molar-refractivity contribution in [3.63, 3.8) is 0 Å². The van der Waals surface area contributed by atoms with Crippen LogP contribution < -0.4 is 10.2 Å². The van der Waals surface area contributed by atoms with Crippen LogP contribution in [0.1, 0.15) is 6.42 Å². The molecule has 0 unspecified atom stereocenters. The molecule has 0 atom stereocenters. The van der Waals surface area contributed by atoms with Gasteiger partial charge in [-0.25, -0.2) is 18.9 Å². The van der Waals surface area contributed by atoms with Gasteiger partial charge < -0.3 is 15.1 Å². The highest BCUT2D eigenvalue weighted by molar-refractivity contribution is 5.90. The van der Waals surface area contributed by atoms with E-state index in [0.29, 0.717) is 56.0 Å². The zero-order valence-electron chi connectivity index (χ0n) is 18.2. The zero-order valence-corrected chi connectivity index (χ0v) is 18.2. The molecular formula is C22H23F4N7O. The molecule has 2 aromatic heterocycles. The molecule has 2 fully saturated rings. The number of carbonyl (C=O) groups is 1. The number of pyridine rings is 1. The number of hydrogen-bond acceptors (Lipinski definition) is 5. The van der Waals surface area contributed by atoms with E-state index in [1.54, 1.807) is 17.3 Å². The molecule has 2 amide bonds. The van der Waals surface area contributed by atoms with Crippen LogP contribution >= 0.6 is 0 Å². The molecule has 0 bridgehead atoms. The second-order valence-electron chi connectivity index (χ2n) is 8.50. The van der Waals surface area contributed by atoms with Crippen LogP contribution in [-0.4, -0.2) is 82.6 Å². The number of piperazine rings is 1. The van der Waals surface area contributed by atoms with Crippen molar-refractivity contribution in [2.24, 2.45) is 0 Å². The topological polar surface area (TPSA) is 69.5 Å². The lowest BCUT2D eigenvalue weighted by molar-refractivity contribution is -0.146. The van der Waals surface area contributed by atoms with Gasteiger partial charge >= 0.3 is 12.2 Å². The molecule has 2 saturated heterocycles. The predicted molar refractivity (Wildman–Crippen MR) is 119 cm³/mol. The number of likely N-dealkylation sites (tertiary alicyclic amines) is 1. The third-order valence-corrected chi connectivity index (χ3v) is 6.07. The van der Waals surface area contributed by atoms with Crippen molar-refractivity contribution in [2.45, 2.75) is 12.6 Å². The van der Waals surface area contributed by atoms with Gasteiger partial charge in [0.25, 0.3) is 0 Å². The lowest BCUT2D eigenvalue weighted by Gasteiger charge is -2.36. The molecule has 2 aliphatic heterocycles. The van der Waals surface area contributed by atoms with Gasteiger partial charge in [-0.1, -0.05) is 0 Å². The second-order valence-corrected chi connectivity index (χ2v) is 8.50. The highest BCUT2D eigenvalue weighted by Gasteiger charge is 2.32. The standard InChI is InChI=1S/C22H23F4N7O/c23-18-3-2-16(28-21(34)32-4-1-5-32)11-19(18)33-13-15-10-17(12-27-20(15)29-33)31-8-6-30(7-9-31)14-22(24,25)26/h2-3,10-13H,1,4-9,14H2,(H,28,34). The summed E-state index contributed by atoms with van der Waals surface area (Å²) in [5.74, 6) is -0.504. The highest BCUT2D eigenvalue weighted by atomic mass is 19.4. The monoisotopic (exact) mass is 477 g/mol. The Balaban J connectivity index is 1.32. The fourth-order valence-electron chi connectivity index (χ4n) is 4.11. The normalized spacial score (nSPS) is 17.2. The van der Waals surface area contributed by atoms with Gasteiger partial charge in [-0.15, -0.1) is 5.10 Å². The second kappa shape index (κ2) is 8.75. The van der Waals surface area contributed by atoms with Gasteiger partial charge in [-0.05, 0) is 30.7 Å². The Morgan fingerprint density at radius 1 is 1.06 bits per heavy atom. The number of fused-ring (bicyclic) bond motifs is 1. The smallest absolute Gasteiger partial charge is 0.368 e. The Bertz CT molecular complexity index is 1200. The van der Waals surface area contributed by atoms with Crippen LogP contribution in [0.25, 0.3) is 16.7 Å². The number of nitrogens with zero attached hydrogens (tertiary/aromatic N) is 6. The van der Waals surface area contributed by atoms with Crippen LogP contribution in [0, 0.1) is 5.82 Å². The van der Waals surface area contributed by atoms with Crippen molar-refractivity contribution >= 4 is 28.4 Å². The maximum Gasteiger partial charge on any atom is 0.401 e. The average Bonchev–Trinajstić information content (AvgIpc) is 3.16. The first kappa shape index (κ1) is 22.4. The van der Waals surface area contributed by atoms with Crippen LogP contribution in [0.4, 0.5) is 33.7 Å². The molecule has 5 rings (SSSR count). The van der Waals surface area contributed by atoms with Gasteiger partial charge in [-0.2, -0.15) is 13.2 Å². The molecule has 0 spiro atoms. The number of aromatic nitrogens is 3. The van der Waals surface area contributed by atoms with E-state index >= 15 is 0 Å². The molecule has 0 saturated carbocycles. The quantitative estimate of drug-likeness (QED) is 0.583. The number of carbonyl (C=O) groups excluding carboxylic acids is 1. The maximum atomic E-state index is 14.6. The largest absolute Gasteiger partial charge is 0.401 e. The fourth-order valence-corrected chi connectivity index (χ4v) is 4.11. The Morgan fingerprint density at radius 2 is 1.82 bits per heavy atom. The molecule has 1 N–H and O–H groups in total. The predicted octanol–water partition coefficient (Wildman–Crippen LogP) is 3.48. The number of nitrogens with one attached hydrogen (secondary N) is 1. The molecule has 0 radical (unpaired) electrons. The number of benzene rings is 1. The minimum atomic E-state index is -4.21. The summed E-state index contributed by atoms with van der Waals surface area (Å²) in [5.41, 5.74) is 1.81. The molecule has 34 heavy (non-hydrogen) atoms. The first-order chi connectivity index (χ1) is 16.2. The number of hydrogen-bond donors (Lipinski definition) is 1. The summed E-state index contributed by atoms with van der Waals surface area (Å²) in [7, 11) is 0. The molecule has 8 nitrogen and oxygen atoms in total. The van der Waals surface area contributed by atoms with E-state index in [1.165, 1.54) is 27.8 Å². The van der Waals surface area contributed by atoms with Crippen LogP contribution in [0.5, 0.6) is 0 Å². The van der Waals surface area contributed by atoms with Crippen molar-refractivity contribution in [3.05, 3.63) is 42.5 Å². The van der Waals surface area contributed by atoms with E-state index in [9.17, 15) is 22.4 Å². The molecule has 0 aliphatic carbocycles. The number of rotatable bonds is 4. The summed E-state index contributed by atoms with van der Waals surface area (Å²) < 4.78 is 53.8. The Morgan fingerprint density at radius 3 is 2.50 bits per heavy atom. The average molecular weight is 477 g/mol. The molecule has 12 heteroatoms. The van der Waals surface area contributed by atoms with Gasteiger partial charge in [-0.3, -0.25) is 4.90 Å². The Kier molecular flexibility index (Phi) is 5.76. The van der Waals surface area contributed by atoms with Crippen molar-refractivity contribution in [1.29, 1.82) is 0 Å². The van der Waals surface area contributed by atoms with Gasteiger partial charge in [0, 0.05) is 56.5 Å². The van der Waals surface area contributed by atoms with Crippen molar-refractivity contribution in [2.75, 3.05) is 56.0 Å². The van der Waals surface area contributed by atoms with E-state index in [-0.39, 0.29) is 11.7 Å². The summed E-state index contributed by atoms with van der Waals surface area (Å²) in [6.07, 6.45) is 0.0337. The Labute approximate surface area is 192 Å². The summed E-state index contributed by atoms with van der Waals surface area (Å²) in [6, 6.07) is 5.90. The third-order valence-electron chi connectivity index (χ3n) is 6.07. The molecule has 1 aromatic carbocycles. The molecule has 2 aliphatic rings. The number of halogens is 4. The molecule has 180 valence electrons. The van der Waals surface area contributed by atoms with Crippen molar-refractivity contribution < 1.29 is 22.4 Å². The van der Waals surface area contributed by atoms with Gasteiger partial charge in [0.2, 0.25) is 0 Å². The van der Waals surface area contributed by atoms with Gasteiger partial charge in [0.05, 0.1) is 18.4 Å². The molecule has 3 aromatic rings. The van der Waals surface area contributed by atoms with Crippen LogP contribution in [0.3, 0.4) is 0 Å². The SMILES string of the molecule is O=C(Nc1ccc(F)c(-n2cc3cc(N4CCN(CC(F)(F)F)CC4)cnc3n2)c1)N1CCC1. The van der Waals surface area contributed by atoms with Crippen LogP contribution in [0.15, 0.2) is 36.7 Å². The number of anilines is 2. The fraction of sp³-hybridized carbons (Fsp3) is 0.409. The number of urea groups is 1. The zero-order chi connectivity index (χ0) is 23.9. The van der Waals surface area contributed by atoms with Crippen LogP contribution in [0.2, 0.25) is 0 Å². The number of alkyl halides is 3. The van der Waals surface area contributed by atoms with Crippen molar-refractivity contribution in [3.8, 4) is 5.69 Å². The lowest BCUT2D eigenvalue weighted by Crippen LogP contribution is -2.49. The first-order valence-electron chi connectivity index (χ1n) is 11.0.